The average Bonchev–Trinajstić information content (AvgIpc) is 2.55. The van der Waals surface area contributed by atoms with Gasteiger partial charge in [0.2, 0.25) is 0 Å². The van der Waals surface area contributed by atoms with Gasteiger partial charge in [0, 0.05) is 25.5 Å². The van der Waals surface area contributed by atoms with E-state index >= 15 is 0 Å². The lowest BCUT2D eigenvalue weighted by molar-refractivity contribution is 0.0140. The molecule has 0 radical (unpaired) electrons. The van der Waals surface area contributed by atoms with Crippen molar-refractivity contribution < 1.29 is 9.84 Å². The average molecular weight is 314 g/mol. The van der Waals surface area contributed by atoms with Crippen LogP contribution in [0.2, 0.25) is 0 Å². The van der Waals surface area contributed by atoms with Crippen molar-refractivity contribution in [1.82, 2.24) is 10.3 Å². The summed E-state index contributed by atoms with van der Waals surface area (Å²) in [4.78, 5) is 3.99. The van der Waals surface area contributed by atoms with Gasteiger partial charge in [-0.2, -0.15) is 0 Å². The van der Waals surface area contributed by atoms with Crippen LogP contribution in [0.3, 0.4) is 0 Å². The fourth-order valence-corrected chi connectivity index (χ4v) is 2.01. The molecule has 1 aromatic carbocycles. The van der Waals surface area contributed by atoms with Crippen LogP contribution >= 0.6 is 0 Å². The van der Waals surface area contributed by atoms with Crippen LogP contribution in [0.15, 0.2) is 48.8 Å². The molecule has 1 aromatic heterocycles. The fourth-order valence-electron chi connectivity index (χ4n) is 2.01. The van der Waals surface area contributed by atoms with E-state index in [1.54, 1.807) is 12.4 Å². The van der Waals surface area contributed by atoms with Crippen LogP contribution in [0.1, 0.15) is 31.9 Å². The highest BCUT2D eigenvalue weighted by Gasteiger charge is 2.23. The summed E-state index contributed by atoms with van der Waals surface area (Å²) in [6.07, 6.45) is 3.53. The third-order valence-electron chi connectivity index (χ3n) is 4.13. The minimum atomic E-state index is -0.687. The molecule has 2 aromatic rings. The molecular formula is C19H26N2O2. The molecule has 4 heteroatoms. The first-order valence-electron chi connectivity index (χ1n) is 8.01. The molecule has 2 rings (SSSR count). The standard InChI is InChI=1S/C19H26N2O2/c1-15(2)19(3,22)14-21-12-16-4-6-18(7-5-16)23-13-17-8-10-20-11-9-17/h4-11,15,21-22H,12-14H2,1-3H3. The summed E-state index contributed by atoms with van der Waals surface area (Å²) in [5.41, 5.74) is 1.58. The summed E-state index contributed by atoms with van der Waals surface area (Å²) < 4.78 is 5.75. The Bertz CT molecular complexity index is 580. The summed E-state index contributed by atoms with van der Waals surface area (Å²) in [7, 11) is 0. The summed E-state index contributed by atoms with van der Waals surface area (Å²) >= 11 is 0. The minimum absolute atomic E-state index is 0.221. The van der Waals surface area contributed by atoms with Gasteiger partial charge in [0.05, 0.1) is 5.60 Å². The van der Waals surface area contributed by atoms with Crippen molar-refractivity contribution in [3.63, 3.8) is 0 Å². The van der Waals surface area contributed by atoms with Gasteiger partial charge in [-0.25, -0.2) is 0 Å². The molecule has 124 valence electrons. The SMILES string of the molecule is CC(C)C(C)(O)CNCc1ccc(OCc2ccncc2)cc1. The predicted octanol–water partition coefficient (Wildman–Crippen LogP) is 3.16. The summed E-state index contributed by atoms with van der Waals surface area (Å²) in [6.45, 7) is 7.75. The Kier molecular flexibility index (Phi) is 6.13. The van der Waals surface area contributed by atoms with Crippen LogP contribution < -0.4 is 10.1 Å². The molecule has 0 bridgehead atoms. The van der Waals surface area contributed by atoms with Crippen LogP contribution in [0.5, 0.6) is 5.75 Å². The van der Waals surface area contributed by atoms with Gasteiger partial charge in [0.25, 0.3) is 0 Å². The highest BCUT2D eigenvalue weighted by atomic mass is 16.5. The Labute approximate surface area is 138 Å². The molecule has 1 atom stereocenters. The van der Waals surface area contributed by atoms with Crippen molar-refractivity contribution in [1.29, 1.82) is 0 Å². The molecule has 0 spiro atoms. The zero-order valence-electron chi connectivity index (χ0n) is 14.1. The van der Waals surface area contributed by atoms with Crippen molar-refractivity contribution in [2.45, 2.75) is 39.5 Å². The third kappa shape index (κ3) is 5.66. The number of nitrogens with zero attached hydrogens (tertiary/aromatic N) is 1. The highest BCUT2D eigenvalue weighted by Crippen LogP contribution is 2.16. The second kappa shape index (κ2) is 8.09. The predicted molar refractivity (Wildman–Crippen MR) is 92.2 cm³/mol. The maximum atomic E-state index is 10.2. The van der Waals surface area contributed by atoms with Crippen molar-refractivity contribution in [2.75, 3.05) is 6.54 Å². The number of pyridine rings is 1. The van der Waals surface area contributed by atoms with E-state index in [0.29, 0.717) is 13.2 Å². The van der Waals surface area contributed by atoms with Gasteiger partial charge in [0.15, 0.2) is 0 Å². The molecule has 0 fully saturated rings. The molecule has 0 aliphatic rings. The second-order valence-corrected chi connectivity index (χ2v) is 6.40. The maximum Gasteiger partial charge on any atom is 0.119 e. The van der Waals surface area contributed by atoms with Crippen LogP contribution in [0, 0.1) is 5.92 Å². The van der Waals surface area contributed by atoms with Gasteiger partial charge in [0.1, 0.15) is 12.4 Å². The fraction of sp³-hybridized carbons (Fsp3) is 0.421. The summed E-state index contributed by atoms with van der Waals surface area (Å²) in [5, 5.41) is 13.5. The van der Waals surface area contributed by atoms with Gasteiger partial charge in [-0.3, -0.25) is 4.98 Å². The van der Waals surface area contributed by atoms with E-state index in [1.807, 2.05) is 57.2 Å². The first-order valence-corrected chi connectivity index (χ1v) is 8.01. The Morgan fingerprint density at radius 3 is 2.35 bits per heavy atom. The Hall–Kier alpha value is -1.91. The monoisotopic (exact) mass is 314 g/mol. The molecule has 2 N–H and O–H groups in total. The normalized spacial score (nSPS) is 13.8. The number of benzene rings is 1. The van der Waals surface area contributed by atoms with Crippen LogP contribution in [0.25, 0.3) is 0 Å². The van der Waals surface area contributed by atoms with Gasteiger partial charge < -0.3 is 15.2 Å². The largest absolute Gasteiger partial charge is 0.489 e. The number of nitrogens with one attached hydrogen (secondary N) is 1. The maximum absolute atomic E-state index is 10.2. The molecule has 0 aliphatic heterocycles. The number of hydrogen-bond acceptors (Lipinski definition) is 4. The van der Waals surface area contributed by atoms with E-state index in [2.05, 4.69) is 10.3 Å². The van der Waals surface area contributed by atoms with E-state index in [-0.39, 0.29) is 5.92 Å². The quantitative estimate of drug-likeness (QED) is 0.786. The van der Waals surface area contributed by atoms with Crippen molar-refractivity contribution in [2.24, 2.45) is 5.92 Å². The molecule has 0 aliphatic carbocycles. The van der Waals surface area contributed by atoms with Crippen LogP contribution in [0.4, 0.5) is 0 Å². The van der Waals surface area contributed by atoms with E-state index in [9.17, 15) is 5.11 Å². The first-order chi connectivity index (χ1) is 11.0. The molecular weight excluding hydrogens is 288 g/mol. The number of rotatable bonds is 8. The lowest BCUT2D eigenvalue weighted by atomic mass is 9.92. The Morgan fingerprint density at radius 2 is 1.74 bits per heavy atom. The highest BCUT2D eigenvalue weighted by molar-refractivity contribution is 5.27. The zero-order chi connectivity index (χ0) is 16.7. The number of ether oxygens (including phenoxy) is 1. The second-order valence-electron chi connectivity index (χ2n) is 6.40. The first kappa shape index (κ1) is 17.4. The van der Waals surface area contributed by atoms with E-state index < -0.39 is 5.60 Å². The minimum Gasteiger partial charge on any atom is -0.489 e. The number of aliphatic hydroxyl groups is 1. The van der Waals surface area contributed by atoms with Crippen LogP contribution in [-0.2, 0) is 13.2 Å². The van der Waals surface area contributed by atoms with Gasteiger partial charge in [-0.1, -0.05) is 26.0 Å². The topological polar surface area (TPSA) is 54.4 Å². The van der Waals surface area contributed by atoms with E-state index in [0.717, 1.165) is 17.9 Å². The molecule has 0 saturated heterocycles. The van der Waals surface area contributed by atoms with Gasteiger partial charge in [-0.15, -0.1) is 0 Å². The number of aromatic nitrogens is 1. The molecule has 0 saturated carbocycles. The lowest BCUT2D eigenvalue weighted by Crippen LogP contribution is -2.41. The molecule has 4 nitrogen and oxygen atoms in total. The van der Waals surface area contributed by atoms with E-state index in [4.69, 9.17) is 4.74 Å². The third-order valence-corrected chi connectivity index (χ3v) is 4.13. The van der Waals surface area contributed by atoms with Gasteiger partial charge >= 0.3 is 0 Å². The molecule has 1 heterocycles. The zero-order valence-corrected chi connectivity index (χ0v) is 14.1. The smallest absolute Gasteiger partial charge is 0.119 e. The van der Waals surface area contributed by atoms with Crippen molar-refractivity contribution >= 4 is 0 Å². The Morgan fingerprint density at radius 1 is 1.09 bits per heavy atom. The molecule has 23 heavy (non-hydrogen) atoms. The molecule has 1 unspecified atom stereocenters. The summed E-state index contributed by atoms with van der Waals surface area (Å²) in [5.74, 6) is 1.07. The van der Waals surface area contributed by atoms with E-state index in [1.165, 1.54) is 5.56 Å². The van der Waals surface area contributed by atoms with Crippen molar-refractivity contribution in [3.8, 4) is 5.75 Å². The summed E-state index contributed by atoms with van der Waals surface area (Å²) in [6, 6.07) is 11.9. The van der Waals surface area contributed by atoms with Crippen LogP contribution in [-0.4, -0.2) is 22.2 Å². The molecule has 0 amide bonds. The lowest BCUT2D eigenvalue weighted by Gasteiger charge is -2.28. The van der Waals surface area contributed by atoms with Crippen molar-refractivity contribution in [3.05, 3.63) is 59.9 Å². The number of hydrogen-bond donors (Lipinski definition) is 2. The van der Waals surface area contributed by atoms with Gasteiger partial charge in [-0.05, 0) is 48.2 Å². The Balaban J connectivity index is 1.78.